The Hall–Kier alpha value is -2.33. The molecular formula is C22H29N3O. The number of hydrogen-bond acceptors (Lipinski definition) is 2. The number of amides is 2. The van der Waals surface area contributed by atoms with E-state index >= 15 is 0 Å². The van der Waals surface area contributed by atoms with E-state index in [1.165, 1.54) is 11.1 Å². The molecule has 1 aliphatic heterocycles. The van der Waals surface area contributed by atoms with E-state index in [9.17, 15) is 4.79 Å². The average Bonchev–Trinajstić information content (AvgIpc) is 3.03. The van der Waals surface area contributed by atoms with Crippen LogP contribution in [-0.2, 0) is 0 Å². The van der Waals surface area contributed by atoms with E-state index in [1.807, 2.05) is 20.8 Å². The van der Waals surface area contributed by atoms with Crippen LogP contribution in [0, 0.1) is 0 Å². The first kappa shape index (κ1) is 18.5. The summed E-state index contributed by atoms with van der Waals surface area (Å²) in [5.41, 5.74) is 2.37. The monoisotopic (exact) mass is 351 g/mol. The number of carbonyl (C=O) groups is 1. The molecule has 2 amide bonds. The number of urea groups is 1. The van der Waals surface area contributed by atoms with Crippen LogP contribution in [0.1, 0.15) is 44.2 Å². The van der Waals surface area contributed by atoms with Crippen LogP contribution < -0.4 is 16.0 Å². The van der Waals surface area contributed by atoms with Crippen LogP contribution in [0.4, 0.5) is 4.79 Å². The zero-order valence-corrected chi connectivity index (χ0v) is 15.8. The molecule has 0 bridgehead atoms. The van der Waals surface area contributed by atoms with E-state index < -0.39 is 0 Å². The fraction of sp³-hybridized carbons (Fsp3) is 0.409. The van der Waals surface area contributed by atoms with E-state index in [-0.39, 0.29) is 23.5 Å². The molecule has 1 heterocycles. The van der Waals surface area contributed by atoms with E-state index in [0.29, 0.717) is 6.04 Å². The molecule has 1 saturated heterocycles. The summed E-state index contributed by atoms with van der Waals surface area (Å²) >= 11 is 0. The zero-order chi connectivity index (χ0) is 18.6. The number of hydrogen-bond donors (Lipinski definition) is 3. The van der Waals surface area contributed by atoms with Gasteiger partial charge in [-0.25, -0.2) is 4.79 Å². The van der Waals surface area contributed by atoms with Gasteiger partial charge in [0.15, 0.2) is 0 Å². The van der Waals surface area contributed by atoms with Gasteiger partial charge in [-0.15, -0.1) is 0 Å². The van der Waals surface area contributed by atoms with Gasteiger partial charge in [0.2, 0.25) is 0 Å². The normalized spacial score (nSPS) is 20.2. The van der Waals surface area contributed by atoms with Crippen molar-refractivity contribution in [3.63, 3.8) is 0 Å². The van der Waals surface area contributed by atoms with Gasteiger partial charge in [0, 0.05) is 30.1 Å². The van der Waals surface area contributed by atoms with Crippen LogP contribution in [0.25, 0.3) is 0 Å². The standard InChI is InChI=1S/C22H29N3O/c1-22(2,3)25-21(26)24-18-14-19(23-15-18)20(16-10-6-4-7-11-16)17-12-8-5-9-13-17/h4-13,18-20,23H,14-15H2,1-3H3,(H2,24,25,26)/t18-,19-/m1/s1. The minimum atomic E-state index is -0.230. The summed E-state index contributed by atoms with van der Waals surface area (Å²) in [5, 5.41) is 9.72. The third-order valence-corrected chi connectivity index (χ3v) is 4.71. The van der Waals surface area contributed by atoms with Crippen molar-refractivity contribution in [2.24, 2.45) is 0 Å². The minimum Gasteiger partial charge on any atom is -0.334 e. The molecule has 2 aromatic carbocycles. The molecule has 4 nitrogen and oxygen atoms in total. The maximum atomic E-state index is 12.2. The third-order valence-electron chi connectivity index (χ3n) is 4.71. The van der Waals surface area contributed by atoms with E-state index in [0.717, 1.165) is 13.0 Å². The molecule has 3 N–H and O–H groups in total. The number of nitrogens with one attached hydrogen (secondary N) is 3. The number of carbonyl (C=O) groups excluding carboxylic acids is 1. The second-order valence-corrected chi connectivity index (χ2v) is 8.09. The van der Waals surface area contributed by atoms with Gasteiger partial charge >= 0.3 is 6.03 Å². The number of benzene rings is 2. The highest BCUT2D eigenvalue weighted by molar-refractivity contribution is 5.75. The first-order chi connectivity index (χ1) is 12.4. The molecule has 138 valence electrons. The molecule has 3 rings (SSSR count). The Balaban J connectivity index is 1.72. The molecule has 0 spiro atoms. The molecule has 0 radical (unpaired) electrons. The van der Waals surface area contributed by atoms with E-state index in [2.05, 4.69) is 76.6 Å². The predicted molar refractivity (Wildman–Crippen MR) is 106 cm³/mol. The second-order valence-electron chi connectivity index (χ2n) is 8.09. The van der Waals surface area contributed by atoms with Crippen LogP contribution in [0.5, 0.6) is 0 Å². The second kappa shape index (κ2) is 7.92. The van der Waals surface area contributed by atoms with E-state index in [4.69, 9.17) is 0 Å². The first-order valence-corrected chi connectivity index (χ1v) is 9.34. The predicted octanol–water partition coefficient (Wildman–Crippen LogP) is 3.65. The van der Waals surface area contributed by atoms with Gasteiger partial charge < -0.3 is 16.0 Å². The molecule has 26 heavy (non-hydrogen) atoms. The summed E-state index contributed by atoms with van der Waals surface area (Å²) in [6.07, 6.45) is 0.909. The molecular weight excluding hydrogens is 322 g/mol. The first-order valence-electron chi connectivity index (χ1n) is 9.34. The largest absolute Gasteiger partial charge is 0.334 e. The highest BCUT2D eigenvalue weighted by Gasteiger charge is 2.33. The minimum absolute atomic E-state index is 0.0964. The fourth-order valence-electron chi connectivity index (χ4n) is 3.67. The number of rotatable bonds is 4. The van der Waals surface area contributed by atoms with Crippen molar-refractivity contribution in [3.8, 4) is 0 Å². The van der Waals surface area contributed by atoms with Crippen molar-refractivity contribution in [1.82, 2.24) is 16.0 Å². The maximum absolute atomic E-state index is 12.2. The highest BCUT2D eigenvalue weighted by Crippen LogP contribution is 2.32. The molecule has 0 unspecified atom stereocenters. The molecule has 1 fully saturated rings. The lowest BCUT2D eigenvalue weighted by Gasteiger charge is -2.25. The lowest BCUT2D eigenvalue weighted by Crippen LogP contribution is -2.50. The van der Waals surface area contributed by atoms with Crippen molar-refractivity contribution in [2.75, 3.05) is 6.54 Å². The molecule has 2 atom stereocenters. The zero-order valence-electron chi connectivity index (χ0n) is 15.8. The average molecular weight is 351 g/mol. The summed E-state index contributed by atoms with van der Waals surface area (Å²) in [6, 6.07) is 21.5. The summed E-state index contributed by atoms with van der Waals surface area (Å²) in [7, 11) is 0. The van der Waals surface area contributed by atoms with Gasteiger partial charge in [0.05, 0.1) is 0 Å². The molecule has 0 saturated carbocycles. The smallest absolute Gasteiger partial charge is 0.315 e. The van der Waals surface area contributed by atoms with Crippen LogP contribution in [0.15, 0.2) is 60.7 Å². The van der Waals surface area contributed by atoms with Gasteiger partial charge in [-0.1, -0.05) is 60.7 Å². The highest BCUT2D eigenvalue weighted by atomic mass is 16.2. The van der Waals surface area contributed by atoms with Gasteiger partial charge in [0.25, 0.3) is 0 Å². The van der Waals surface area contributed by atoms with Gasteiger partial charge in [-0.05, 0) is 38.3 Å². The van der Waals surface area contributed by atoms with Crippen LogP contribution in [0.2, 0.25) is 0 Å². The summed E-state index contributed by atoms with van der Waals surface area (Å²) in [4.78, 5) is 12.2. The lowest BCUT2D eigenvalue weighted by molar-refractivity contribution is 0.228. The van der Waals surface area contributed by atoms with Crippen LogP contribution in [-0.4, -0.2) is 30.2 Å². The Labute approximate surface area is 156 Å². The Kier molecular flexibility index (Phi) is 5.62. The van der Waals surface area contributed by atoms with Gasteiger partial charge in [-0.3, -0.25) is 0 Å². The van der Waals surface area contributed by atoms with Gasteiger partial charge in [0.1, 0.15) is 0 Å². The summed E-state index contributed by atoms with van der Waals surface area (Å²) in [5.74, 6) is 0.273. The summed E-state index contributed by atoms with van der Waals surface area (Å²) in [6.45, 7) is 6.76. The van der Waals surface area contributed by atoms with Crippen LogP contribution >= 0.6 is 0 Å². The van der Waals surface area contributed by atoms with Crippen molar-refractivity contribution >= 4 is 6.03 Å². The Morgan fingerprint density at radius 2 is 1.54 bits per heavy atom. The Bertz CT molecular complexity index is 670. The van der Waals surface area contributed by atoms with Crippen molar-refractivity contribution in [2.45, 2.75) is 50.7 Å². The van der Waals surface area contributed by atoms with Gasteiger partial charge in [-0.2, -0.15) is 0 Å². The fourth-order valence-corrected chi connectivity index (χ4v) is 3.67. The maximum Gasteiger partial charge on any atom is 0.315 e. The molecule has 0 aromatic heterocycles. The molecule has 2 aromatic rings. The van der Waals surface area contributed by atoms with Crippen molar-refractivity contribution in [1.29, 1.82) is 0 Å². The summed E-state index contributed by atoms with van der Waals surface area (Å²) < 4.78 is 0. The third kappa shape index (κ3) is 4.85. The van der Waals surface area contributed by atoms with Crippen LogP contribution in [0.3, 0.4) is 0 Å². The molecule has 0 aliphatic carbocycles. The topological polar surface area (TPSA) is 53.2 Å². The quantitative estimate of drug-likeness (QED) is 0.788. The Morgan fingerprint density at radius 3 is 2.04 bits per heavy atom. The SMILES string of the molecule is CC(C)(C)NC(=O)N[C@H]1CN[C@@H](C(c2ccccc2)c2ccccc2)C1. The Morgan fingerprint density at radius 1 is 1.00 bits per heavy atom. The molecule has 1 aliphatic rings. The van der Waals surface area contributed by atoms with Crippen molar-refractivity contribution < 1.29 is 4.79 Å². The van der Waals surface area contributed by atoms with E-state index in [1.54, 1.807) is 0 Å². The lowest BCUT2D eigenvalue weighted by atomic mass is 9.84. The van der Waals surface area contributed by atoms with Crippen molar-refractivity contribution in [3.05, 3.63) is 71.8 Å². The molecule has 4 heteroatoms.